The van der Waals surface area contributed by atoms with Gasteiger partial charge in [0.05, 0.1) is 18.1 Å². The average Bonchev–Trinajstić information content (AvgIpc) is 2.38. The summed E-state index contributed by atoms with van der Waals surface area (Å²) in [6.45, 7) is 3.06. The minimum atomic E-state index is -1.33. The van der Waals surface area contributed by atoms with Crippen molar-refractivity contribution >= 4 is 11.9 Å². The zero-order valence-corrected chi connectivity index (χ0v) is 9.53. The second-order valence-electron chi connectivity index (χ2n) is 4.33. The summed E-state index contributed by atoms with van der Waals surface area (Å²) >= 11 is 0. The number of nitrogens with one attached hydrogen (secondary N) is 1. The molecule has 0 aromatic rings. The first-order chi connectivity index (χ1) is 7.28. The Hall–Kier alpha value is -1.54. The average molecular weight is 225 g/mol. The van der Waals surface area contributed by atoms with Gasteiger partial charge >= 0.3 is 6.09 Å². The maximum absolute atomic E-state index is 11.7. The summed E-state index contributed by atoms with van der Waals surface area (Å²) < 4.78 is 4.41. The van der Waals surface area contributed by atoms with Crippen molar-refractivity contribution in [2.75, 3.05) is 7.11 Å². The molecule has 5 heteroatoms. The zero-order valence-electron chi connectivity index (χ0n) is 9.53. The molecule has 0 radical (unpaired) electrons. The lowest BCUT2D eigenvalue weighted by Crippen LogP contribution is -2.52. The molecule has 1 rings (SSSR count). The van der Waals surface area contributed by atoms with E-state index in [0.29, 0.717) is 0 Å². The van der Waals surface area contributed by atoms with Crippen LogP contribution in [0.3, 0.4) is 0 Å². The molecule has 0 heterocycles. The Morgan fingerprint density at radius 1 is 1.69 bits per heavy atom. The van der Waals surface area contributed by atoms with Gasteiger partial charge in [-0.2, -0.15) is 0 Å². The van der Waals surface area contributed by atoms with Crippen LogP contribution in [0.15, 0.2) is 0 Å². The number of carbonyl (C=O) groups is 2. The first-order valence-electron chi connectivity index (χ1n) is 4.86. The van der Waals surface area contributed by atoms with Gasteiger partial charge in [0.1, 0.15) is 6.04 Å². The highest BCUT2D eigenvalue weighted by Gasteiger charge is 2.58. The Morgan fingerprint density at radius 2 is 2.25 bits per heavy atom. The topological polar surface area (TPSA) is 75.6 Å². The maximum Gasteiger partial charge on any atom is 0.407 e. The van der Waals surface area contributed by atoms with Crippen molar-refractivity contribution in [1.29, 1.82) is 0 Å². The number of ether oxygens (including phenoxy) is 1. The van der Waals surface area contributed by atoms with E-state index < -0.39 is 23.2 Å². The number of amides is 1. The molecule has 16 heavy (non-hydrogen) atoms. The molecule has 2 N–H and O–H groups in total. The van der Waals surface area contributed by atoms with E-state index in [-0.39, 0.29) is 12.2 Å². The standard InChI is InChI=1S/C11H15NO4/c1-5-10(2)8(12-9(14)16-4)7(13)6-11(10,3)15/h1,8,15H,6H2,2-4H3,(H,12,14)/t8-,10?,11+/m0/s1. The van der Waals surface area contributed by atoms with E-state index in [9.17, 15) is 14.7 Å². The van der Waals surface area contributed by atoms with Crippen molar-refractivity contribution in [3.63, 3.8) is 0 Å². The molecular weight excluding hydrogens is 210 g/mol. The third-order valence-electron chi connectivity index (χ3n) is 3.28. The van der Waals surface area contributed by atoms with Gasteiger partial charge in [0, 0.05) is 6.42 Å². The van der Waals surface area contributed by atoms with E-state index in [1.807, 2.05) is 0 Å². The van der Waals surface area contributed by atoms with E-state index in [4.69, 9.17) is 6.42 Å². The molecule has 1 fully saturated rings. The Balaban J connectivity index is 3.04. The summed E-state index contributed by atoms with van der Waals surface area (Å²) in [5.41, 5.74) is -2.46. The molecule has 0 aromatic heterocycles. The number of carbonyl (C=O) groups excluding carboxylic acids is 2. The fourth-order valence-electron chi connectivity index (χ4n) is 1.90. The first kappa shape index (κ1) is 12.5. The maximum atomic E-state index is 11.7. The van der Waals surface area contributed by atoms with Gasteiger partial charge in [0.25, 0.3) is 0 Å². The van der Waals surface area contributed by atoms with Crippen LogP contribution in [0.4, 0.5) is 4.79 Å². The Morgan fingerprint density at radius 3 is 2.69 bits per heavy atom. The number of methoxy groups -OCH3 is 1. The van der Waals surface area contributed by atoms with Crippen LogP contribution in [0.25, 0.3) is 0 Å². The second kappa shape index (κ2) is 3.80. The number of alkyl carbamates (subject to hydrolysis) is 1. The Kier molecular flexibility index (Phi) is 2.97. The largest absolute Gasteiger partial charge is 0.453 e. The highest BCUT2D eigenvalue weighted by Crippen LogP contribution is 2.43. The molecule has 0 aromatic carbocycles. The van der Waals surface area contributed by atoms with E-state index in [2.05, 4.69) is 16.0 Å². The number of aliphatic hydroxyl groups is 1. The molecule has 0 saturated heterocycles. The number of ketones is 1. The van der Waals surface area contributed by atoms with Crippen LogP contribution in [0, 0.1) is 17.8 Å². The third kappa shape index (κ3) is 1.65. The van der Waals surface area contributed by atoms with Gasteiger partial charge in [0.2, 0.25) is 0 Å². The number of terminal acetylenes is 1. The van der Waals surface area contributed by atoms with Crippen molar-refractivity contribution in [1.82, 2.24) is 5.32 Å². The molecule has 88 valence electrons. The van der Waals surface area contributed by atoms with Crippen LogP contribution in [0.1, 0.15) is 20.3 Å². The quantitative estimate of drug-likeness (QED) is 0.619. The van der Waals surface area contributed by atoms with E-state index in [0.717, 1.165) is 0 Å². The molecule has 1 unspecified atom stereocenters. The predicted molar refractivity (Wildman–Crippen MR) is 56.5 cm³/mol. The second-order valence-corrected chi connectivity index (χ2v) is 4.33. The predicted octanol–water partition coefficient (Wildman–Crippen LogP) is 0.0743. The lowest BCUT2D eigenvalue weighted by atomic mass is 9.75. The molecule has 1 aliphatic carbocycles. The number of Topliss-reactive ketones (excluding diaryl/α,β-unsaturated/α-hetero) is 1. The van der Waals surface area contributed by atoms with Gasteiger partial charge < -0.3 is 15.2 Å². The lowest BCUT2D eigenvalue weighted by Gasteiger charge is -2.34. The fourth-order valence-corrected chi connectivity index (χ4v) is 1.90. The molecule has 1 amide bonds. The normalized spacial score (nSPS) is 37.9. The minimum absolute atomic E-state index is 0.0810. The van der Waals surface area contributed by atoms with Gasteiger partial charge in [-0.25, -0.2) is 4.79 Å². The van der Waals surface area contributed by atoms with Crippen molar-refractivity contribution in [2.24, 2.45) is 5.41 Å². The van der Waals surface area contributed by atoms with Gasteiger partial charge in [-0.05, 0) is 13.8 Å². The SMILES string of the molecule is C#CC1(C)[C@@H](NC(=O)OC)C(=O)C[C@@]1(C)O. The van der Waals surface area contributed by atoms with Gasteiger partial charge in [0.15, 0.2) is 5.78 Å². The van der Waals surface area contributed by atoms with Gasteiger partial charge in [-0.3, -0.25) is 4.79 Å². The van der Waals surface area contributed by atoms with Crippen LogP contribution in [-0.4, -0.2) is 35.7 Å². The molecule has 3 atom stereocenters. The highest BCUT2D eigenvalue weighted by molar-refractivity contribution is 5.92. The summed E-state index contributed by atoms with van der Waals surface area (Å²) in [4.78, 5) is 22.8. The molecule has 1 saturated carbocycles. The molecular formula is C11H15NO4. The number of hydrogen-bond donors (Lipinski definition) is 2. The summed E-state index contributed by atoms with van der Waals surface area (Å²) in [7, 11) is 1.19. The minimum Gasteiger partial charge on any atom is -0.453 e. The van der Waals surface area contributed by atoms with Crippen molar-refractivity contribution in [3.05, 3.63) is 0 Å². The van der Waals surface area contributed by atoms with Crippen LogP contribution < -0.4 is 5.32 Å². The molecule has 0 bridgehead atoms. The first-order valence-corrected chi connectivity index (χ1v) is 4.86. The lowest BCUT2D eigenvalue weighted by molar-refractivity contribution is -0.120. The van der Waals surface area contributed by atoms with Crippen molar-refractivity contribution in [2.45, 2.75) is 31.9 Å². The van der Waals surface area contributed by atoms with Crippen LogP contribution in [0.5, 0.6) is 0 Å². The van der Waals surface area contributed by atoms with Crippen LogP contribution >= 0.6 is 0 Å². The Labute approximate surface area is 94.2 Å². The van der Waals surface area contributed by atoms with Gasteiger partial charge in [-0.1, -0.05) is 5.92 Å². The summed E-state index contributed by atoms with van der Waals surface area (Å²) in [6.07, 6.45) is 4.54. The number of rotatable bonds is 1. The fraction of sp³-hybridized carbons (Fsp3) is 0.636. The molecule has 0 aliphatic heterocycles. The van der Waals surface area contributed by atoms with Gasteiger partial charge in [-0.15, -0.1) is 6.42 Å². The summed E-state index contributed by atoms with van der Waals surface area (Å²) in [5, 5.41) is 12.4. The number of hydrogen-bond acceptors (Lipinski definition) is 4. The molecule has 1 aliphatic rings. The molecule has 0 spiro atoms. The van der Waals surface area contributed by atoms with Crippen molar-refractivity contribution < 1.29 is 19.4 Å². The summed E-state index contributed by atoms with van der Waals surface area (Å²) in [5.74, 6) is 2.10. The molecule has 5 nitrogen and oxygen atoms in total. The van der Waals surface area contributed by atoms with Crippen molar-refractivity contribution in [3.8, 4) is 12.3 Å². The van der Waals surface area contributed by atoms with E-state index >= 15 is 0 Å². The Bertz CT molecular complexity index is 369. The summed E-state index contributed by atoms with van der Waals surface area (Å²) in [6, 6.07) is -0.917. The smallest absolute Gasteiger partial charge is 0.407 e. The zero-order chi connectivity index (χ0) is 12.6. The van der Waals surface area contributed by atoms with Crippen LogP contribution in [-0.2, 0) is 9.53 Å². The van der Waals surface area contributed by atoms with E-state index in [1.54, 1.807) is 6.92 Å². The third-order valence-corrected chi connectivity index (χ3v) is 3.28. The highest BCUT2D eigenvalue weighted by atomic mass is 16.5. The van der Waals surface area contributed by atoms with Crippen LogP contribution in [0.2, 0.25) is 0 Å². The van der Waals surface area contributed by atoms with E-state index in [1.165, 1.54) is 14.0 Å². The monoisotopic (exact) mass is 225 g/mol.